The van der Waals surface area contributed by atoms with Crippen LogP contribution in [0.5, 0.6) is 0 Å². The molecule has 6 heavy (non-hydrogen) atoms. The van der Waals surface area contributed by atoms with E-state index < -0.39 is 17.1 Å². The molecule has 0 aromatic rings. The van der Waals surface area contributed by atoms with Gasteiger partial charge < -0.3 is 4.55 Å². The van der Waals surface area contributed by atoms with E-state index in [0.717, 1.165) is 0 Å². The topological polar surface area (TPSA) is 37.3 Å². The van der Waals surface area contributed by atoms with Crippen molar-refractivity contribution in [1.29, 1.82) is 0 Å². The molecule has 0 aliphatic heterocycles. The Hall–Kier alpha value is 1.04. The van der Waals surface area contributed by atoms with Crippen LogP contribution in [0.3, 0.4) is 0 Å². The first-order valence-corrected chi connectivity index (χ1v) is 2.18. The maximum Gasteiger partial charge on any atom is 1.00 e. The molecule has 0 rings (SSSR count). The monoisotopic (exact) mass is 121 g/mol. The third-order valence-corrected chi connectivity index (χ3v) is 0.280. The Balaban J connectivity index is 0. The fraction of sp³-hybridized carbons (Fsp3) is 1.00. The number of hydrogen-bond donors (Lipinski definition) is 1. The van der Waals surface area contributed by atoms with Crippen LogP contribution in [-0.4, -0.2) is 14.8 Å². The quantitative estimate of drug-likeness (QED) is 0.299. The minimum absolute atomic E-state index is 0. The van der Waals surface area contributed by atoms with Crippen molar-refractivity contribution < 1.29 is 42.7 Å². The zero-order valence-electron chi connectivity index (χ0n) is 3.35. The van der Waals surface area contributed by atoms with E-state index in [1.807, 2.05) is 0 Å². The summed E-state index contributed by atoms with van der Waals surface area (Å²) < 4.78 is 27.1. The van der Waals surface area contributed by atoms with E-state index in [1.165, 1.54) is 0 Å². The van der Waals surface area contributed by atoms with Crippen LogP contribution in [-0.2, 0) is 11.1 Å². The molecule has 0 heterocycles. The van der Waals surface area contributed by atoms with Gasteiger partial charge >= 0.3 is 29.6 Å². The summed E-state index contributed by atoms with van der Waals surface area (Å²) >= 11 is -2.24. The number of rotatable bonds is 1. The molecule has 2 nitrogen and oxygen atoms in total. The van der Waals surface area contributed by atoms with Gasteiger partial charge in [0, 0.05) is 0 Å². The molecule has 0 aromatic heterocycles. The molecule has 1 N–H and O–H groups in total. The minimum atomic E-state index is -2.24. The molecule has 0 saturated carbocycles. The molecule has 1 unspecified atom stereocenters. The van der Waals surface area contributed by atoms with Gasteiger partial charge in [0.25, 0.3) is 0 Å². The van der Waals surface area contributed by atoms with Gasteiger partial charge in [-0.25, -0.2) is 8.60 Å². The molecule has 32 valence electrons. The summed E-state index contributed by atoms with van der Waals surface area (Å²) in [7, 11) is 0. The molecule has 0 aliphatic rings. The molecule has 5 heteroatoms. The average molecular weight is 121 g/mol. The maximum absolute atomic E-state index is 10.6. The van der Waals surface area contributed by atoms with Gasteiger partial charge in [0.05, 0.1) is 0 Å². The maximum atomic E-state index is 10.6. The fourth-order valence-corrected chi connectivity index (χ4v) is 0. The molecule has 0 aliphatic carbocycles. The normalized spacial score (nSPS) is 12.3. The Morgan fingerprint density at radius 1 is 1.83 bits per heavy atom. The van der Waals surface area contributed by atoms with E-state index in [1.54, 1.807) is 0 Å². The molecule has 0 spiro atoms. The van der Waals surface area contributed by atoms with Gasteiger partial charge in [0.2, 0.25) is 0 Å². The zero-order valence-corrected chi connectivity index (χ0v) is 6.17. The molecule has 0 aromatic carbocycles. The molecule has 0 saturated heterocycles. The standard InChI is InChI=1S/CH3FO2S.Na/c2-1-5(3)4;/h1H2,(H,3,4);/q;+1. The summed E-state index contributed by atoms with van der Waals surface area (Å²) in [6.45, 7) is 0. The molecule has 0 fully saturated rings. The second-order valence-electron chi connectivity index (χ2n) is 0.431. The van der Waals surface area contributed by atoms with E-state index in [4.69, 9.17) is 8.76 Å². The third-order valence-electron chi connectivity index (χ3n) is 0.0933. The number of alkyl halides is 1. The number of halogens is 1. The van der Waals surface area contributed by atoms with E-state index >= 15 is 0 Å². The Bertz CT molecular complexity index is 48.8. The van der Waals surface area contributed by atoms with Crippen LogP contribution in [0.1, 0.15) is 0 Å². The summed E-state index contributed by atoms with van der Waals surface area (Å²) in [5, 5.41) is 0. The van der Waals surface area contributed by atoms with Crippen molar-refractivity contribution in [3.05, 3.63) is 0 Å². The Morgan fingerprint density at radius 3 is 2.00 bits per heavy atom. The smallest absolute Gasteiger partial charge is 0.304 e. The van der Waals surface area contributed by atoms with Crippen molar-refractivity contribution >= 4 is 11.1 Å². The van der Waals surface area contributed by atoms with Crippen LogP contribution in [0.4, 0.5) is 4.39 Å². The summed E-state index contributed by atoms with van der Waals surface area (Å²) in [6, 6.07) is -1.17. The van der Waals surface area contributed by atoms with Crippen LogP contribution in [0.2, 0.25) is 0 Å². The zero-order chi connectivity index (χ0) is 4.28. The molecular weight excluding hydrogens is 118 g/mol. The van der Waals surface area contributed by atoms with Crippen molar-refractivity contribution in [3.8, 4) is 0 Å². The third kappa shape index (κ3) is 8.90. The van der Waals surface area contributed by atoms with Crippen LogP contribution >= 0.6 is 0 Å². The van der Waals surface area contributed by atoms with Gasteiger partial charge in [-0.15, -0.1) is 0 Å². The van der Waals surface area contributed by atoms with Crippen LogP contribution < -0.4 is 29.6 Å². The largest absolute Gasteiger partial charge is 1.00 e. The summed E-state index contributed by atoms with van der Waals surface area (Å²) in [6.07, 6.45) is 0. The van der Waals surface area contributed by atoms with Crippen molar-refractivity contribution in [2.24, 2.45) is 0 Å². The molecule has 0 bridgehead atoms. The Kier molecular flexibility index (Phi) is 10.2. The average Bonchev–Trinajstić information content (AvgIpc) is 1.38. The Morgan fingerprint density at radius 2 is 2.00 bits per heavy atom. The van der Waals surface area contributed by atoms with Gasteiger partial charge in [0.1, 0.15) is 0 Å². The van der Waals surface area contributed by atoms with Gasteiger partial charge in [-0.1, -0.05) is 0 Å². The first-order chi connectivity index (χ1) is 2.27. The second kappa shape index (κ2) is 6.04. The summed E-state index contributed by atoms with van der Waals surface area (Å²) in [5.41, 5.74) is 0. The van der Waals surface area contributed by atoms with Crippen LogP contribution in [0.25, 0.3) is 0 Å². The van der Waals surface area contributed by atoms with Crippen molar-refractivity contribution in [1.82, 2.24) is 0 Å². The molecule has 0 amide bonds. The van der Waals surface area contributed by atoms with Gasteiger partial charge in [-0.2, -0.15) is 0 Å². The summed E-state index contributed by atoms with van der Waals surface area (Å²) in [5.74, 6) is 0. The minimum Gasteiger partial charge on any atom is -0.304 e. The number of hydrogen-bond acceptors (Lipinski definition) is 1. The molecule has 0 radical (unpaired) electrons. The van der Waals surface area contributed by atoms with Crippen LogP contribution in [0, 0.1) is 0 Å². The van der Waals surface area contributed by atoms with Crippen molar-refractivity contribution in [2.45, 2.75) is 0 Å². The SMILES string of the molecule is O=S(O)CF.[Na+]. The van der Waals surface area contributed by atoms with Crippen molar-refractivity contribution in [3.63, 3.8) is 0 Å². The van der Waals surface area contributed by atoms with E-state index in [-0.39, 0.29) is 29.6 Å². The first kappa shape index (κ1) is 10.1. The predicted molar refractivity (Wildman–Crippen MR) is 16.7 cm³/mol. The van der Waals surface area contributed by atoms with Crippen molar-refractivity contribution in [2.75, 3.05) is 6.01 Å². The molecular formula is CH3FNaO2S+. The molecule has 1 atom stereocenters. The summed E-state index contributed by atoms with van der Waals surface area (Å²) in [4.78, 5) is 0. The van der Waals surface area contributed by atoms with Gasteiger partial charge in [-0.05, 0) is 0 Å². The predicted octanol–water partition coefficient (Wildman–Crippen LogP) is -2.86. The Labute approximate surface area is 59.7 Å². The van der Waals surface area contributed by atoms with Gasteiger partial charge in [0.15, 0.2) is 17.1 Å². The fourth-order valence-electron chi connectivity index (χ4n) is 0. The van der Waals surface area contributed by atoms with E-state index in [2.05, 4.69) is 0 Å². The van der Waals surface area contributed by atoms with E-state index in [9.17, 15) is 4.39 Å². The van der Waals surface area contributed by atoms with E-state index in [0.29, 0.717) is 0 Å². The van der Waals surface area contributed by atoms with Gasteiger partial charge in [-0.3, -0.25) is 0 Å². The first-order valence-electron chi connectivity index (χ1n) is 0.905. The second-order valence-corrected chi connectivity index (χ2v) is 1.29. The van der Waals surface area contributed by atoms with Crippen LogP contribution in [0.15, 0.2) is 0 Å².